The van der Waals surface area contributed by atoms with Crippen LogP contribution < -0.4 is 0 Å². The maximum Gasteiger partial charge on any atom is 0.340 e. The largest absolute Gasteiger partial charge is 0.465 e. The van der Waals surface area contributed by atoms with Gasteiger partial charge in [0.1, 0.15) is 4.60 Å². The lowest BCUT2D eigenvalue weighted by atomic mass is 10.3. The van der Waals surface area contributed by atoms with E-state index in [2.05, 4.69) is 25.8 Å². The van der Waals surface area contributed by atoms with Crippen LogP contribution in [0.25, 0.3) is 5.52 Å². The minimum Gasteiger partial charge on any atom is -0.465 e. The van der Waals surface area contributed by atoms with E-state index in [9.17, 15) is 4.79 Å². The average Bonchev–Trinajstić information content (AvgIpc) is 2.56. The molecule has 2 heterocycles. The van der Waals surface area contributed by atoms with Crippen LogP contribution in [0, 0.1) is 0 Å². The Kier molecular flexibility index (Phi) is 2.25. The zero-order valence-electron chi connectivity index (χ0n) is 7.40. The van der Waals surface area contributed by atoms with E-state index < -0.39 is 0 Å². The highest BCUT2D eigenvalue weighted by Gasteiger charge is 2.14. The van der Waals surface area contributed by atoms with Crippen molar-refractivity contribution in [3.8, 4) is 0 Å². The molecule has 0 radical (unpaired) electrons. The predicted molar refractivity (Wildman–Crippen MR) is 54.2 cm³/mol. The third-order valence-electron chi connectivity index (χ3n) is 1.90. The fraction of sp³-hybridized carbons (Fsp3) is 0.111. The number of rotatable bonds is 1. The molecule has 2 aromatic heterocycles. The first-order valence-electron chi connectivity index (χ1n) is 3.94. The van der Waals surface area contributed by atoms with Gasteiger partial charge in [0.05, 0.1) is 18.2 Å². The molecule has 0 aliphatic carbocycles. The van der Waals surface area contributed by atoms with Crippen LogP contribution in [0.5, 0.6) is 0 Å². The molecule has 0 atom stereocenters. The number of nitrogens with zero attached hydrogens (tertiary/aromatic N) is 2. The summed E-state index contributed by atoms with van der Waals surface area (Å²) >= 11 is 3.31. The highest BCUT2D eigenvalue weighted by Crippen LogP contribution is 2.20. The second-order valence-electron chi connectivity index (χ2n) is 2.69. The number of aromatic nitrogens is 2. The number of hydrogen-bond acceptors (Lipinski definition) is 3. The summed E-state index contributed by atoms with van der Waals surface area (Å²) in [6.07, 6.45) is 1.65. The number of ether oxygens (including phenoxy) is 1. The summed E-state index contributed by atoms with van der Waals surface area (Å²) in [5, 5.41) is 4.08. The first-order valence-corrected chi connectivity index (χ1v) is 4.74. The third kappa shape index (κ3) is 1.29. The highest BCUT2D eigenvalue weighted by molar-refractivity contribution is 9.10. The fourth-order valence-electron chi connectivity index (χ4n) is 1.27. The van der Waals surface area contributed by atoms with Gasteiger partial charge in [0.25, 0.3) is 0 Å². The molecule has 72 valence electrons. The molecule has 2 aromatic rings. The topological polar surface area (TPSA) is 43.6 Å². The van der Waals surface area contributed by atoms with Gasteiger partial charge in [-0.15, -0.1) is 0 Å². The molecule has 0 saturated carbocycles. The van der Waals surface area contributed by atoms with E-state index in [0.29, 0.717) is 5.56 Å². The lowest BCUT2D eigenvalue weighted by Crippen LogP contribution is -2.00. The first-order chi connectivity index (χ1) is 6.74. The van der Waals surface area contributed by atoms with E-state index in [1.807, 2.05) is 6.07 Å². The number of methoxy groups -OCH3 is 1. The van der Waals surface area contributed by atoms with Crippen LogP contribution in [0.15, 0.2) is 29.0 Å². The fourth-order valence-corrected chi connectivity index (χ4v) is 1.79. The summed E-state index contributed by atoms with van der Waals surface area (Å²) in [4.78, 5) is 11.4. The van der Waals surface area contributed by atoms with Crippen LogP contribution in [0.3, 0.4) is 0 Å². The Bertz CT molecular complexity index is 493. The SMILES string of the molecule is COC(=O)c1cc(Br)n2ncccc12. The van der Waals surface area contributed by atoms with Gasteiger partial charge in [0, 0.05) is 6.20 Å². The lowest BCUT2D eigenvalue weighted by Gasteiger charge is -1.96. The average molecular weight is 255 g/mol. The minimum atomic E-state index is -0.360. The van der Waals surface area contributed by atoms with E-state index in [-0.39, 0.29) is 5.97 Å². The van der Waals surface area contributed by atoms with Crippen LogP contribution in [-0.2, 0) is 4.74 Å². The molecule has 0 aliphatic rings. The van der Waals surface area contributed by atoms with Crippen molar-refractivity contribution in [1.82, 2.24) is 9.61 Å². The van der Waals surface area contributed by atoms with Crippen molar-refractivity contribution in [2.75, 3.05) is 7.11 Å². The molecule has 0 fully saturated rings. The predicted octanol–water partition coefficient (Wildman–Crippen LogP) is 1.88. The molecule has 0 saturated heterocycles. The Morgan fingerprint density at radius 3 is 3.14 bits per heavy atom. The standard InChI is InChI=1S/C9H7BrN2O2/c1-14-9(13)6-5-8(10)12-7(6)3-2-4-11-12/h2-5H,1H3. The van der Waals surface area contributed by atoms with Gasteiger partial charge in [-0.05, 0) is 34.1 Å². The third-order valence-corrected chi connectivity index (χ3v) is 2.46. The van der Waals surface area contributed by atoms with E-state index in [4.69, 9.17) is 0 Å². The van der Waals surface area contributed by atoms with Crippen molar-refractivity contribution in [3.63, 3.8) is 0 Å². The summed E-state index contributed by atoms with van der Waals surface area (Å²) in [6.45, 7) is 0. The number of hydrogen-bond donors (Lipinski definition) is 0. The molecule has 0 N–H and O–H groups in total. The van der Waals surface area contributed by atoms with Gasteiger partial charge in [0.15, 0.2) is 0 Å². The van der Waals surface area contributed by atoms with Gasteiger partial charge in [0.2, 0.25) is 0 Å². The molecule has 14 heavy (non-hydrogen) atoms. The van der Waals surface area contributed by atoms with Crippen molar-refractivity contribution in [1.29, 1.82) is 0 Å². The van der Waals surface area contributed by atoms with Crippen LogP contribution in [0.4, 0.5) is 0 Å². The zero-order chi connectivity index (χ0) is 10.1. The summed E-state index contributed by atoms with van der Waals surface area (Å²) < 4.78 is 7.02. The summed E-state index contributed by atoms with van der Waals surface area (Å²) in [5.41, 5.74) is 1.23. The number of carbonyl (C=O) groups excluding carboxylic acids is 1. The van der Waals surface area contributed by atoms with Crippen LogP contribution in [-0.4, -0.2) is 22.7 Å². The quantitative estimate of drug-likeness (QED) is 0.731. The molecular formula is C9H7BrN2O2. The van der Waals surface area contributed by atoms with Gasteiger partial charge < -0.3 is 4.74 Å². The normalized spacial score (nSPS) is 10.4. The zero-order valence-corrected chi connectivity index (χ0v) is 8.98. The minimum absolute atomic E-state index is 0.360. The molecule has 0 aliphatic heterocycles. The van der Waals surface area contributed by atoms with Gasteiger partial charge in [-0.1, -0.05) is 0 Å². The Morgan fingerprint density at radius 2 is 2.43 bits per heavy atom. The van der Waals surface area contributed by atoms with Crippen LogP contribution >= 0.6 is 15.9 Å². The van der Waals surface area contributed by atoms with Crippen LogP contribution in [0.1, 0.15) is 10.4 Å². The van der Waals surface area contributed by atoms with Crippen molar-refractivity contribution >= 4 is 27.4 Å². The summed E-state index contributed by atoms with van der Waals surface area (Å²) in [7, 11) is 1.36. The lowest BCUT2D eigenvalue weighted by molar-refractivity contribution is 0.0603. The Morgan fingerprint density at radius 1 is 1.64 bits per heavy atom. The molecule has 0 spiro atoms. The molecule has 4 nitrogen and oxygen atoms in total. The van der Waals surface area contributed by atoms with Crippen molar-refractivity contribution < 1.29 is 9.53 Å². The second-order valence-corrected chi connectivity index (χ2v) is 3.51. The monoisotopic (exact) mass is 254 g/mol. The van der Waals surface area contributed by atoms with E-state index in [1.54, 1.807) is 22.8 Å². The molecule has 0 bridgehead atoms. The number of fused-ring (bicyclic) bond motifs is 1. The van der Waals surface area contributed by atoms with Crippen molar-refractivity contribution in [2.24, 2.45) is 0 Å². The smallest absolute Gasteiger partial charge is 0.340 e. The van der Waals surface area contributed by atoms with Gasteiger partial charge in [-0.3, -0.25) is 0 Å². The molecule has 2 rings (SSSR count). The van der Waals surface area contributed by atoms with Gasteiger partial charge >= 0.3 is 5.97 Å². The number of halogens is 1. The summed E-state index contributed by atoms with van der Waals surface area (Å²) in [5.74, 6) is -0.360. The van der Waals surface area contributed by atoms with Crippen LogP contribution in [0.2, 0.25) is 0 Å². The molecule has 0 amide bonds. The maximum atomic E-state index is 11.4. The first kappa shape index (κ1) is 9.21. The Balaban J connectivity index is 2.72. The maximum absolute atomic E-state index is 11.4. The van der Waals surface area contributed by atoms with E-state index in [1.165, 1.54) is 7.11 Å². The Hall–Kier alpha value is -1.36. The molecular weight excluding hydrogens is 248 g/mol. The highest BCUT2D eigenvalue weighted by atomic mass is 79.9. The summed E-state index contributed by atoms with van der Waals surface area (Å²) in [6, 6.07) is 5.27. The van der Waals surface area contributed by atoms with Crippen molar-refractivity contribution in [2.45, 2.75) is 0 Å². The van der Waals surface area contributed by atoms with Gasteiger partial charge in [-0.25, -0.2) is 9.31 Å². The van der Waals surface area contributed by atoms with Gasteiger partial charge in [-0.2, -0.15) is 5.10 Å². The van der Waals surface area contributed by atoms with E-state index in [0.717, 1.165) is 10.1 Å². The van der Waals surface area contributed by atoms with E-state index >= 15 is 0 Å². The Labute approximate surface area is 88.6 Å². The number of esters is 1. The molecule has 0 unspecified atom stereocenters. The van der Waals surface area contributed by atoms with Crippen molar-refractivity contribution in [3.05, 3.63) is 34.6 Å². The number of carbonyl (C=O) groups is 1. The molecule has 5 heteroatoms. The molecule has 0 aromatic carbocycles. The second kappa shape index (κ2) is 3.42.